The fraction of sp³-hybridized carbons (Fsp3) is 0.200. The number of fused-ring (bicyclic) bond motifs is 1. The summed E-state index contributed by atoms with van der Waals surface area (Å²) in [5, 5.41) is 60.7. The number of hydrogen-bond donors (Lipinski definition) is 6. The topological polar surface area (TPSA) is 196 Å². The minimum Gasteiger partial charge on any atom is -0.508 e. The molecule has 2 heterocycles. The SMILES string of the molecule is C[C@@H]1O[C@@H](Oc2cc(-c3cc(=O)c4c(O)cc(O)cc4o3)ccc2O)[C@H](OC(=O)C=Cc2ccc(O)cc2)[C@H](O)[C@H]1O. The first-order valence-electron chi connectivity index (χ1n) is 12.7. The van der Waals surface area contributed by atoms with Crippen LogP contribution >= 0.6 is 0 Å². The number of esters is 1. The van der Waals surface area contributed by atoms with Gasteiger partial charge in [-0.1, -0.05) is 12.1 Å². The highest BCUT2D eigenvalue weighted by molar-refractivity contribution is 5.87. The predicted octanol–water partition coefficient (Wildman–Crippen LogP) is 2.75. The van der Waals surface area contributed by atoms with Crippen molar-refractivity contribution in [3.05, 3.63) is 82.5 Å². The molecule has 5 rings (SSSR count). The van der Waals surface area contributed by atoms with Crippen LogP contribution in [0.25, 0.3) is 28.4 Å². The zero-order valence-corrected chi connectivity index (χ0v) is 21.9. The van der Waals surface area contributed by atoms with E-state index in [1.165, 1.54) is 43.3 Å². The molecule has 6 N–H and O–H groups in total. The van der Waals surface area contributed by atoms with E-state index in [4.69, 9.17) is 18.6 Å². The van der Waals surface area contributed by atoms with Crippen molar-refractivity contribution < 1.29 is 54.1 Å². The molecule has 1 saturated heterocycles. The number of benzene rings is 3. The first-order chi connectivity index (χ1) is 20.0. The van der Waals surface area contributed by atoms with Gasteiger partial charge in [-0.15, -0.1) is 0 Å². The molecule has 12 heteroatoms. The summed E-state index contributed by atoms with van der Waals surface area (Å²) < 4.78 is 22.6. The third kappa shape index (κ3) is 5.86. The molecule has 0 unspecified atom stereocenters. The van der Waals surface area contributed by atoms with E-state index in [9.17, 15) is 40.2 Å². The number of ether oxygens (including phenoxy) is 3. The van der Waals surface area contributed by atoms with Crippen molar-refractivity contribution >= 4 is 23.0 Å². The molecule has 1 aliphatic heterocycles. The number of phenolic OH excluding ortho intramolecular Hbond substituents is 4. The maximum atomic E-state index is 12.7. The van der Waals surface area contributed by atoms with Gasteiger partial charge in [0.1, 0.15) is 46.2 Å². The van der Waals surface area contributed by atoms with Crippen LogP contribution in [-0.4, -0.2) is 67.3 Å². The summed E-state index contributed by atoms with van der Waals surface area (Å²) in [6.45, 7) is 1.47. The van der Waals surface area contributed by atoms with E-state index in [1.807, 2.05) is 0 Å². The summed E-state index contributed by atoms with van der Waals surface area (Å²) in [5.74, 6) is -2.18. The number of carbonyl (C=O) groups excluding carboxylic acids is 1. The Morgan fingerprint density at radius 1 is 0.881 bits per heavy atom. The van der Waals surface area contributed by atoms with Crippen molar-refractivity contribution in [2.75, 3.05) is 0 Å². The molecule has 0 saturated carbocycles. The van der Waals surface area contributed by atoms with Gasteiger partial charge in [0.25, 0.3) is 0 Å². The van der Waals surface area contributed by atoms with Crippen LogP contribution < -0.4 is 10.2 Å². The molecule has 1 aromatic heterocycles. The van der Waals surface area contributed by atoms with E-state index in [1.54, 1.807) is 12.1 Å². The second-order valence-electron chi connectivity index (χ2n) is 9.63. The lowest BCUT2D eigenvalue weighted by molar-refractivity contribution is -0.272. The number of aliphatic hydroxyl groups excluding tert-OH is 2. The van der Waals surface area contributed by atoms with Crippen molar-refractivity contribution in [1.29, 1.82) is 0 Å². The normalized spacial score (nSPS) is 22.3. The Kier molecular flexibility index (Phi) is 7.77. The largest absolute Gasteiger partial charge is 0.508 e. The molecule has 1 fully saturated rings. The van der Waals surface area contributed by atoms with Gasteiger partial charge >= 0.3 is 5.97 Å². The van der Waals surface area contributed by atoms with Gasteiger partial charge in [-0.2, -0.15) is 0 Å². The molecule has 5 atom stereocenters. The van der Waals surface area contributed by atoms with Gasteiger partial charge in [0.05, 0.1) is 6.10 Å². The van der Waals surface area contributed by atoms with Gasteiger partial charge < -0.3 is 49.3 Å². The molecular formula is C30H26O12. The van der Waals surface area contributed by atoms with Crippen LogP contribution in [0.2, 0.25) is 0 Å². The molecule has 0 bridgehead atoms. The maximum absolute atomic E-state index is 12.7. The Labute approximate surface area is 237 Å². The first kappa shape index (κ1) is 28.5. The molecule has 0 aliphatic carbocycles. The Hall–Kier alpha value is -5.04. The quantitative estimate of drug-likeness (QED) is 0.145. The van der Waals surface area contributed by atoms with Crippen molar-refractivity contribution in [3.8, 4) is 40.1 Å². The third-order valence-corrected chi connectivity index (χ3v) is 6.62. The zero-order valence-electron chi connectivity index (χ0n) is 21.9. The van der Waals surface area contributed by atoms with Crippen LogP contribution in [0.4, 0.5) is 0 Å². The molecule has 218 valence electrons. The lowest BCUT2D eigenvalue weighted by Crippen LogP contribution is -2.59. The van der Waals surface area contributed by atoms with Gasteiger partial charge in [0.2, 0.25) is 6.29 Å². The van der Waals surface area contributed by atoms with Crippen LogP contribution in [0.15, 0.2) is 76.0 Å². The van der Waals surface area contributed by atoms with E-state index in [0.717, 1.165) is 24.3 Å². The number of rotatable bonds is 6. The number of carbonyl (C=O) groups is 1. The van der Waals surface area contributed by atoms with Gasteiger partial charge in [-0.25, -0.2) is 4.79 Å². The summed E-state index contributed by atoms with van der Waals surface area (Å²) >= 11 is 0. The number of phenols is 4. The minimum absolute atomic E-state index is 0.0121. The number of aromatic hydroxyl groups is 4. The van der Waals surface area contributed by atoms with Crippen LogP contribution in [0.3, 0.4) is 0 Å². The maximum Gasteiger partial charge on any atom is 0.331 e. The highest BCUT2D eigenvalue weighted by atomic mass is 16.7. The van der Waals surface area contributed by atoms with Crippen LogP contribution in [0.1, 0.15) is 12.5 Å². The van der Waals surface area contributed by atoms with Crippen LogP contribution in [0, 0.1) is 0 Å². The lowest BCUT2D eigenvalue weighted by atomic mass is 9.99. The molecule has 12 nitrogen and oxygen atoms in total. The van der Waals surface area contributed by atoms with E-state index in [2.05, 4.69) is 0 Å². The van der Waals surface area contributed by atoms with Gasteiger partial charge in [-0.3, -0.25) is 4.79 Å². The monoisotopic (exact) mass is 578 g/mol. The summed E-state index contributed by atoms with van der Waals surface area (Å²) in [7, 11) is 0. The second-order valence-corrected chi connectivity index (χ2v) is 9.63. The van der Waals surface area contributed by atoms with E-state index >= 15 is 0 Å². The molecule has 4 aromatic rings. The van der Waals surface area contributed by atoms with Gasteiger partial charge in [0.15, 0.2) is 23.0 Å². The average Bonchev–Trinajstić information content (AvgIpc) is 2.94. The van der Waals surface area contributed by atoms with E-state index < -0.39 is 47.9 Å². The van der Waals surface area contributed by atoms with Crippen LogP contribution in [0.5, 0.6) is 28.7 Å². The summed E-state index contributed by atoms with van der Waals surface area (Å²) in [5.41, 5.74) is 0.159. The Balaban J connectivity index is 1.42. The van der Waals surface area contributed by atoms with Crippen molar-refractivity contribution in [2.24, 2.45) is 0 Å². The molecular weight excluding hydrogens is 552 g/mol. The predicted molar refractivity (Wildman–Crippen MR) is 147 cm³/mol. The molecule has 0 amide bonds. The third-order valence-electron chi connectivity index (χ3n) is 6.62. The molecule has 42 heavy (non-hydrogen) atoms. The molecule has 1 aliphatic rings. The number of aliphatic hydroxyl groups is 2. The summed E-state index contributed by atoms with van der Waals surface area (Å²) in [6, 6.07) is 13.2. The summed E-state index contributed by atoms with van der Waals surface area (Å²) in [4.78, 5) is 25.2. The number of hydrogen-bond acceptors (Lipinski definition) is 12. The highest BCUT2D eigenvalue weighted by Gasteiger charge is 2.46. The smallest absolute Gasteiger partial charge is 0.331 e. The standard InChI is InChI=1S/C30H26O12/c1-14-27(37)28(38)29(42-25(36)9-4-15-2-6-17(31)7-3-15)30(39-14)41-23-10-16(5-8-19(23)33)22-13-21(35)26-20(34)11-18(32)12-24(26)40-22/h2-14,27-34,37-38H,1H3/t14-,27-,28+,29+,30-/m0/s1. The van der Waals surface area contributed by atoms with Gasteiger partial charge in [-0.05, 0) is 48.9 Å². The summed E-state index contributed by atoms with van der Waals surface area (Å²) in [6.07, 6.45) is -4.51. The Morgan fingerprint density at radius 3 is 2.36 bits per heavy atom. The fourth-order valence-electron chi connectivity index (χ4n) is 4.43. The molecule has 3 aromatic carbocycles. The zero-order chi connectivity index (χ0) is 30.1. The van der Waals surface area contributed by atoms with Gasteiger partial charge in [0, 0.05) is 29.8 Å². The van der Waals surface area contributed by atoms with Crippen molar-refractivity contribution in [3.63, 3.8) is 0 Å². The van der Waals surface area contributed by atoms with E-state index in [-0.39, 0.29) is 45.3 Å². The van der Waals surface area contributed by atoms with Crippen molar-refractivity contribution in [2.45, 2.75) is 37.6 Å². The lowest BCUT2D eigenvalue weighted by Gasteiger charge is -2.40. The Bertz CT molecular complexity index is 1710. The van der Waals surface area contributed by atoms with Crippen LogP contribution in [-0.2, 0) is 14.3 Å². The molecule has 0 radical (unpaired) electrons. The fourth-order valence-corrected chi connectivity index (χ4v) is 4.43. The Morgan fingerprint density at radius 2 is 1.62 bits per heavy atom. The van der Waals surface area contributed by atoms with Crippen molar-refractivity contribution in [1.82, 2.24) is 0 Å². The highest BCUT2D eigenvalue weighted by Crippen LogP contribution is 2.36. The molecule has 0 spiro atoms. The average molecular weight is 579 g/mol. The second kappa shape index (κ2) is 11.4. The first-order valence-corrected chi connectivity index (χ1v) is 12.7. The van der Waals surface area contributed by atoms with E-state index in [0.29, 0.717) is 5.56 Å². The minimum atomic E-state index is -1.62.